The molecule has 25 heavy (non-hydrogen) atoms. The van der Waals surface area contributed by atoms with Crippen LogP contribution in [0.3, 0.4) is 0 Å². The molecule has 0 fully saturated rings. The molecule has 1 heterocycles. The van der Waals surface area contributed by atoms with Gasteiger partial charge in [0.15, 0.2) is 0 Å². The van der Waals surface area contributed by atoms with Crippen LogP contribution >= 0.6 is 0 Å². The van der Waals surface area contributed by atoms with Gasteiger partial charge in [-0.1, -0.05) is 37.6 Å². The molecular weight excluding hydrogens is 314 g/mol. The Hall–Kier alpha value is -1.94. The van der Waals surface area contributed by atoms with Crippen LogP contribution in [0.25, 0.3) is 0 Å². The van der Waals surface area contributed by atoms with E-state index in [1.807, 2.05) is 0 Å². The third-order valence-electron chi connectivity index (χ3n) is 5.56. The molecule has 1 aliphatic carbocycles. The number of nitrogens with zero attached hydrogens (tertiary/aromatic N) is 1. The lowest BCUT2D eigenvalue weighted by Crippen LogP contribution is -2.42. The van der Waals surface area contributed by atoms with Crippen LogP contribution in [0, 0.1) is 11.8 Å². The Morgan fingerprint density at radius 1 is 1.36 bits per heavy atom. The van der Waals surface area contributed by atoms with Gasteiger partial charge in [0.1, 0.15) is 5.60 Å². The van der Waals surface area contributed by atoms with Gasteiger partial charge in [0, 0.05) is 6.42 Å². The fourth-order valence-electron chi connectivity index (χ4n) is 4.28. The number of aliphatic imine (C=N–C) groups is 1. The Morgan fingerprint density at radius 3 is 2.52 bits per heavy atom. The Balaban J connectivity index is 1.95. The molecule has 4 nitrogen and oxygen atoms in total. The van der Waals surface area contributed by atoms with E-state index in [1.54, 1.807) is 6.92 Å². The molecule has 0 amide bonds. The van der Waals surface area contributed by atoms with E-state index in [-0.39, 0.29) is 18.5 Å². The average molecular weight is 341 g/mol. The minimum atomic E-state index is -0.896. The molecule has 2 atom stereocenters. The van der Waals surface area contributed by atoms with Gasteiger partial charge in [-0.25, -0.2) is 4.79 Å². The molecule has 2 unspecified atom stereocenters. The number of hydrogen-bond acceptors (Lipinski definition) is 4. The number of carbonyl (C=O) groups is 1. The third-order valence-corrected chi connectivity index (χ3v) is 5.56. The van der Waals surface area contributed by atoms with Crippen LogP contribution in [0.15, 0.2) is 40.5 Å². The van der Waals surface area contributed by atoms with E-state index >= 15 is 0 Å². The molecule has 0 aromatic heterocycles. The lowest BCUT2D eigenvalue weighted by atomic mass is 9.77. The molecule has 1 aliphatic heterocycles. The zero-order valence-corrected chi connectivity index (χ0v) is 15.1. The molecule has 1 N–H and O–H groups in total. The van der Waals surface area contributed by atoms with E-state index in [2.05, 4.69) is 42.9 Å². The lowest BCUT2D eigenvalue weighted by Gasteiger charge is -2.36. The van der Waals surface area contributed by atoms with Gasteiger partial charge >= 0.3 is 5.97 Å². The van der Waals surface area contributed by atoms with Crippen molar-refractivity contribution in [2.45, 2.75) is 51.6 Å². The smallest absolute Gasteiger partial charge is 0.336 e. The molecule has 0 bridgehead atoms. The Morgan fingerprint density at radius 2 is 2.00 bits per heavy atom. The first kappa shape index (κ1) is 17.9. The summed E-state index contributed by atoms with van der Waals surface area (Å²) in [6.45, 7) is 7.35. The van der Waals surface area contributed by atoms with Crippen molar-refractivity contribution in [2.24, 2.45) is 16.8 Å². The fraction of sp³-hybridized carbons (Fsp3) is 0.524. The summed E-state index contributed by atoms with van der Waals surface area (Å²) in [5.74, 6) is 0.170. The number of hydrogen-bond donors (Lipinski definition) is 1. The highest BCUT2D eigenvalue weighted by atomic mass is 16.6. The number of aliphatic hydroxyl groups is 1. The van der Waals surface area contributed by atoms with Gasteiger partial charge in [-0.3, -0.25) is 4.99 Å². The van der Waals surface area contributed by atoms with Crippen molar-refractivity contribution in [1.29, 1.82) is 0 Å². The number of benzene rings is 1. The van der Waals surface area contributed by atoms with Gasteiger partial charge in [0.2, 0.25) is 0 Å². The van der Waals surface area contributed by atoms with Crippen LogP contribution in [-0.2, 0) is 22.4 Å². The lowest BCUT2D eigenvalue weighted by molar-refractivity contribution is -0.160. The van der Waals surface area contributed by atoms with Crippen LogP contribution in [0.1, 0.15) is 44.2 Å². The largest absolute Gasteiger partial charge is 0.453 e. The Bertz CT molecular complexity index is 684. The molecule has 0 radical (unpaired) electrons. The SMILES string of the molecule is C=NC1=C(C(CCC)C2Cc3ccccc3C2)C(=O)OC(C)(CO)C1. The highest BCUT2D eigenvalue weighted by molar-refractivity contribution is 5.91. The van der Waals surface area contributed by atoms with Gasteiger partial charge in [0.05, 0.1) is 17.9 Å². The van der Waals surface area contributed by atoms with Crippen molar-refractivity contribution in [3.8, 4) is 0 Å². The molecule has 1 aromatic rings. The van der Waals surface area contributed by atoms with Crippen LogP contribution in [0.2, 0.25) is 0 Å². The number of aliphatic hydroxyl groups excluding tert-OH is 1. The maximum Gasteiger partial charge on any atom is 0.336 e. The maximum atomic E-state index is 12.8. The van der Waals surface area contributed by atoms with Crippen molar-refractivity contribution in [3.63, 3.8) is 0 Å². The van der Waals surface area contributed by atoms with Crippen molar-refractivity contribution in [2.75, 3.05) is 6.61 Å². The summed E-state index contributed by atoms with van der Waals surface area (Å²) in [6, 6.07) is 8.52. The predicted molar refractivity (Wildman–Crippen MR) is 98.5 cm³/mol. The number of ether oxygens (including phenoxy) is 1. The summed E-state index contributed by atoms with van der Waals surface area (Å²) in [5, 5.41) is 9.58. The highest BCUT2D eigenvalue weighted by Crippen LogP contribution is 2.42. The number of carbonyl (C=O) groups excluding carboxylic acids is 1. The van der Waals surface area contributed by atoms with E-state index in [1.165, 1.54) is 11.1 Å². The second-order valence-corrected chi connectivity index (χ2v) is 7.53. The van der Waals surface area contributed by atoms with Gasteiger partial charge in [-0.05, 0) is 55.9 Å². The van der Waals surface area contributed by atoms with E-state index in [0.717, 1.165) is 25.7 Å². The van der Waals surface area contributed by atoms with Crippen molar-refractivity contribution in [1.82, 2.24) is 0 Å². The maximum absolute atomic E-state index is 12.8. The molecular formula is C21H27NO3. The molecule has 0 spiro atoms. The molecule has 0 saturated carbocycles. The minimum absolute atomic E-state index is 0.119. The van der Waals surface area contributed by atoms with Gasteiger partial charge < -0.3 is 9.84 Å². The number of fused-ring (bicyclic) bond motifs is 1. The molecule has 2 aliphatic rings. The van der Waals surface area contributed by atoms with Crippen LogP contribution < -0.4 is 0 Å². The normalized spacial score (nSPS) is 24.8. The highest BCUT2D eigenvalue weighted by Gasteiger charge is 2.42. The predicted octanol–water partition coefficient (Wildman–Crippen LogP) is 3.47. The number of rotatable bonds is 6. The molecule has 1 aromatic carbocycles. The second kappa shape index (κ2) is 7.12. The van der Waals surface area contributed by atoms with Crippen molar-refractivity contribution < 1.29 is 14.6 Å². The van der Waals surface area contributed by atoms with Crippen molar-refractivity contribution in [3.05, 3.63) is 46.7 Å². The van der Waals surface area contributed by atoms with Gasteiger partial charge in [-0.15, -0.1) is 0 Å². The average Bonchev–Trinajstić information content (AvgIpc) is 3.03. The minimum Gasteiger partial charge on any atom is -0.453 e. The monoisotopic (exact) mass is 341 g/mol. The summed E-state index contributed by atoms with van der Waals surface area (Å²) in [7, 11) is 0. The molecule has 134 valence electrons. The van der Waals surface area contributed by atoms with Gasteiger partial charge in [0.25, 0.3) is 0 Å². The van der Waals surface area contributed by atoms with E-state index in [4.69, 9.17) is 4.74 Å². The van der Waals surface area contributed by atoms with Crippen LogP contribution in [0.4, 0.5) is 0 Å². The van der Waals surface area contributed by atoms with Gasteiger partial charge in [-0.2, -0.15) is 0 Å². The summed E-state index contributed by atoms with van der Waals surface area (Å²) in [4.78, 5) is 17.0. The van der Waals surface area contributed by atoms with Crippen LogP contribution in [-0.4, -0.2) is 30.0 Å². The fourth-order valence-corrected chi connectivity index (χ4v) is 4.28. The van der Waals surface area contributed by atoms with E-state index in [0.29, 0.717) is 23.6 Å². The summed E-state index contributed by atoms with van der Waals surface area (Å²) in [5.41, 5.74) is 3.24. The first-order chi connectivity index (χ1) is 12.0. The summed E-state index contributed by atoms with van der Waals surface area (Å²) >= 11 is 0. The molecule has 0 saturated heterocycles. The topological polar surface area (TPSA) is 58.9 Å². The third kappa shape index (κ3) is 3.40. The molecule has 4 heteroatoms. The van der Waals surface area contributed by atoms with E-state index < -0.39 is 5.60 Å². The second-order valence-electron chi connectivity index (χ2n) is 7.53. The Labute approximate surface area is 149 Å². The van der Waals surface area contributed by atoms with Crippen molar-refractivity contribution >= 4 is 12.7 Å². The first-order valence-electron chi connectivity index (χ1n) is 9.12. The Kier molecular flexibility index (Phi) is 5.09. The number of esters is 1. The summed E-state index contributed by atoms with van der Waals surface area (Å²) < 4.78 is 5.60. The van der Waals surface area contributed by atoms with E-state index in [9.17, 15) is 9.90 Å². The van der Waals surface area contributed by atoms with Crippen LogP contribution in [0.5, 0.6) is 0 Å². The summed E-state index contributed by atoms with van der Waals surface area (Å²) in [6.07, 6.45) is 4.32. The molecule has 3 rings (SSSR count). The zero-order chi connectivity index (χ0) is 18.0. The zero-order valence-electron chi connectivity index (χ0n) is 15.1. The quantitative estimate of drug-likeness (QED) is 0.637. The standard InChI is InChI=1S/C21H27NO3/c1-4-7-17(16-10-14-8-5-6-9-15(14)11-16)19-18(22-3)12-21(2,13-23)25-20(19)24/h5-6,8-9,16-17,23H,3-4,7,10-13H2,1-2H3. The number of cyclic esters (lactones) is 1. The first-order valence-corrected chi connectivity index (χ1v) is 9.12.